The summed E-state index contributed by atoms with van der Waals surface area (Å²) >= 11 is 0. The second kappa shape index (κ2) is 5.13. The molecule has 0 aromatic rings. The first-order valence-corrected chi connectivity index (χ1v) is 4.08. The van der Waals surface area contributed by atoms with Gasteiger partial charge >= 0.3 is 5.97 Å². The van der Waals surface area contributed by atoms with Gasteiger partial charge in [-0.05, 0) is 12.3 Å². The van der Waals surface area contributed by atoms with Crippen LogP contribution in [0.3, 0.4) is 0 Å². The van der Waals surface area contributed by atoms with Gasteiger partial charge in [0.05, 0.1) is 0 Å². The Bertz CT molecular complexity index is 125. The molecule has 11 heavy (non-hydrogen) atoms. The highest BCUT2D eigenvalue weighted by molar-refractivity contribution is 5.73. The number of carboxylic acids is 1. The molecule has 0 aromatic heterocycles. The highest BCUT2D eigenvalue weighted by Crippen LogP contribution is 2.10. The quantitative estimate of drug-likeness (QED) is 0.634. The molecule has 0 aliphatic rings. The average Bonchev–Trinajstić information content (AvgIpc) is 1.98. The maximum atomic E-state index is 10.4. The summed E-state index contributed by atoms with van der Waals surface area (Å²) < 4.78 is 0. The van der Waals surface area contributed by atoms with E-state index in [4.69, 9.17) is 10.8 Å². The van der Waals surface area contributed by atoms with E-state index < -0.39 is 12.0 Å². The summed E-state index contributed by atoms with van der Waals surface area (Å²) in [6.45, 7) is 3.97. The zero-order valence-corrected chi connectivity index (χ0v) is 7.21. The van der Waals surface area contributed by atoms with Crippen LogP contribution < -0.4 is 5.73 Å². The third-order valence-electron chi connectivity index (χ3n) is 1.91. The van der Waals surface area contributed by atoms with Gasteiger partial charge in [-0.3, -0.25) is 4.79 Å². The molecule has 0 spiro atoms. The van der Waals surface area contributed by atoms with Gasteiger partial charge in [0.1, 0.15) is 6.04 Å². The number of aliphatic carboxylic acids is 1. The number of hydrogen-bond donors (Lipinski definition) is 2. The van der Waals surface area contributed by atoms with Gasteiger partial charge in [-0.15, -0.1) is 0 Å². The fourth-order valence-electron chi connectivity index (χ4n) is 0.949. The SMILES string of the molecule is CCCC[C@@H](C)[C@H](N)C(=O)O. The minimum Gasteiger partial charge on any atom is -0.480 e. The molecule has 0 saturated heterocycles. The van der Waals surface area contributed by atoms with Crippen molar-refractivity contribution in [1.29, 1.82) is 0 Å². The first kappa shape index (κ1) is 10.4. The first-order chi connectivity index (χ1) is 5.09. The fraction of sp³-hybridized carbons (Fsp3) is 0.875. The Morgan fingerprint density at radius 1 is 1.64 bits per heavy atom. The van der Waals surface area contributed by atoms with Crippen LogP contribution in [-0.4, -0.2) is 17.1 Å². The van der Waals surface area contributed by atoms with Gasteiger partial charge in [0.2, 0.25) is 0 Å². The van der Waals surface area contributed by atoms with Crippen LogP contribution in [0.5, 0.6) is 0 Å². The molecule has 3 nitrogen and oxygen atoms in total. The molecule has 0 aliphatic carbocycles. The van der Waals surface area contributed by atoms with Gasteiger partial charge in [-0.1, -0.05) is 26.7 Å². The lowest BCUT2D eigenvalue weighted by Crippen LogP contribution is -2.36. The minimum absolute atomic E-state index is 0.0902. The third kappa shape index (κ3) is 3.98. The number of carbonyl (C=O) groups is 1. The van der Waals surface area contributed by atoms with E-state index >= 15 is 0 Å². The van der Waals surface area contributed by atoms with E-state index in [1.807, 2.05) is 6.92 Å². The second-order valence-corrected chi connectivity index (χ2v) is 2.98. The molecular formula is C8H17NO2. The van der Waals surface area contributed by atoms with Crippen LogP contribution >= 0.6 is 0 Å². The molecule has 0 radical (unpaired) electrons. The molecule has 0 amide bonds. The molecule has 0 aliphatic heterocycles. The number of hydrogen-bond acceptors (Lipinski definition) is 2. The highest BCUT2D eigenvalue weighted by Gasteiger charge is 2.18. The van der Waals surface area contributed by atoms with Crippen molar-refractivity contribution in [3.05, 3.63) is 0 Å². The van der Waals surface area contributed by atoms with Crippen LogP contribution in [0.2, 0.25) is 0 Å². The summed E-state index contributed by atoms with van der Waals surface area (Å²) in [7, 11) is 0. The van der Waals surface area contributed by atoms with Crippen LogP contribution in [0.25, 0.3) is 0 Å². The van der Waals surface area contributed by atoms with E-state index in [0.717, 1.165) is 19.3 Å². The van der Waals surface area contributed by atoms with Gasteiger partial charge in [0.25, 0.3) is 0 Å². The van der Waals surface area contributed by atoms with Crippen molar-refractivity contribution in [2.24, 2.45) is 11.7 Å². The molecule has 0 rings (SSSR count). The highest BCUT2D eigenvalue weighted by atomic mass is 16.4. The summed E-state index contributed by atoms with van der Waals surface area (Å²) in [5.74, 6) is -0.805. The molecule has 2 atom stereocenters. The monoisotopic (exact) mass is 159 g/mol. The summed E-state index contributed by atoms with van der Waals surface area (Å²) in [5.41, 5.74) is 5.40. The lowest BCUT2D eigenvalue weighted by atomic mass is 9.97. The smallest absolute Gasteiger partial charge is 0.320 e. The van der Waals surface area contributed by atoms with Crippen molar-refractivity contribution < 1.29 is 9.90 Å². The molecule has 0 fully saturated rings. The van der Waals surface area contributed by atoms with Crippen molar-refractivity contribution in [2.75, 3.05) is 0 Å². The van der Waals surface area contributed by atoms with E-state index in [1.165, 1.54) is 0 Å². The first-order valence-electron chi connectivity index (χ1n) is 4.08. The molecule has 66 valence electrons. The Hall–Kier alpha value is -0.570. The zero-order chi connectivity index (χ0) is 8.85. The van der Waals surface area contributed by atoms with E-state index in [0.29, 0.717) is 0 Å². The molecule has 0 heterocycles. The predicted octanol–water partition coefficient (Wildman–Crippen LogP) is 1.22. The zero-order valence-electron chi connectivity index (χ0n) is 7.21. The Kier molecular flexibility index (Phi) is 4.86. The van der Waals surface area contributed by atoms with Crippen molar-refractivity contribution in [2.45, 2.75) is 39.2 Å². The Morgan fingerprint density at radius 2 is 2.18 bits per heavy atom. The van der Waals surface area contributed by atoms with Gasteiger partial charge < -0.3 is 10.8 Å². The van der Waals surface area contributed by atoms with Gasteiger partial charge in [-0.2, -0.15) is 0 Å². The topological polar surface area (TPSA) is 63.3 Å². The predicted molar refractivity (Wildman–Crippen MR) is 44.3 cm³/mol. The van der Waals surface area contributed by atoms with E-state index in [2.05, 4.69) is 6.92 Å². The van der Waals surface area contributed by atoms with Crippen LogP contribution in [-0.2, 0) is 4.79 Å². The summed E-state index contributed by atoms with van der Waals surface area (Å²) in [6, 6.07) is -0.693. The number of nitrogens with two attached hydrogens (primary N) is 1. The van der Waals surface area contributed by atoms with Crippen molar-refractivity contribution in [3.63, 3.8) is 0 Å². The number of rotatable bonds is 5. The molecule has 0 saturated carbocycles. The van der Waals surface area contributed by atoms with E-state index in [9.17, 15) is 4.79 Å². The molecule has 0 bridgehead atoms. The summed E-state index contributed by atoms with van der Waals surface area (Å²) in [6.07, 6.45) is 3.06. The summed E-state index contributed by atoms with van der Waals surface area (Å²) in [4.78, 5) is 10.4. The van der Waals surface area contributed by atoms with Crippen LogP contribution in [0, 0.1) is 5.92 Å². The average molecular weight is 159 g/mol. The van der Waals surface area contributed by atoms with Gasteiger partial charge in [-0.25, -0.2) is 0 Å². The minimum atomic E-state index is -0.895. The summed E-state index contributed by atoms with van der Waals surface area (Å²) in [5, 5.41) is 8.53. The van der Waals surface area contributed by atoms with Crippen molar-refractivity contribution in [3.8, 4) is 0 Å². The van der Waals surface area contributed by atoms with Gasteiger partial charge in [0, 0.05) is 0 Å². The lowest BCUT2D eigenvalue weighted by molar-refractivity contribution is -0.139. The second-order valence-electron chi connectivity index (χ2n) is 2.98. The number of unbranched alkanes of at least 4 members (excludes halogenated alkanes) is 1. The molecule has 0 aromatic carbocycles. The van der Waals surface area contributed by atoms with Crippen LogP contribution in [0.15, 0.2) is 0 Å². The van der Waals surface area contributed by atoms with Crippen molar-refractivity contribution in [1.82, 2.24) is 0 Å². The number of carboxylic acid groups (broad SMARTS) is 1. The fourth-order valence-corrected chi connectivity index (χ4v) is 0.949. The van der Waals surface area contributed by atoms with Crippen LogP contribution in [0.4, 0.5) is 0 Å². The van der Waals surface area contributed by atoms with Crippen LogP contribution in [0.1, 0.15) is 33.1 Å². The standard InChI is InChI=1S/C8H17NO2/c1-3-4-5-6(2)7(9)8(10)11/h6-7H,3-5,9H2,1-2H3,(H,10,11)/t6-,7+/m1/s1. The molecule has 0 unspecified atom stereocenters. The van der Waals surface area contributed by atoms with Gasteiger partial charge in [0.15, 0.2) is 0 Å². The maximum absolute atomic E-state index is 10.4. The molecular weight excluding hydrogens is 142 g/mol. The van der Waals surface area contributed by atoms with E-state index in [1.54, 1.807) is 0 Å². The largest absolute Gasteiger partial charge is 0.480 e. The maximum Gasteiger partial charge on any atom is 0.320 e. The Morgan fingerprint density at radius 3 is 2.55 bits per heavy atom. The third-order valence-corrected chi connectivity index (χ3v) is 1.91. The van der Waals surface area contributed by atoms with Crippen molar-refractivity contribution >= 4 is 5.97 Å². The molecule has 3 N–H and O–H groups in total. The Labute approximate surface area is 67.6 Å². The lowest BCUT2D eigenvalue weighted by Gasteiger charge is -2.14. The Balaban J connectivity index is 3.63. The molecule has 3 heteroatoms. The normalized spacial score (nSPS) is 15.9. The van der Waals surface area contributed by atoms with E-state index in [-0.39, 0.29) is 5.92 Å².